The number of hydrogen-bond acceptors (Lipinski definition) is 2. The summed E-state index contributed by atoms with van der Waals surface area (Å²) in [6.45, 7) is 18.6. The van der Waals surface area contributed by atoms with Gasteiger partial charge in [-0.05, 0) is 61.0 Å². The molecule has 1 aliphatic carbocycles. The van der Waals surface area contributed by atoms with Crippen LogP contribution in [0.3, 0.4) is 0 Å². The zero-order chi connectivity index (χ0) is 22.0. The summed E-state index contributed by atoms with van der Waals surface area (Å²) in [6.07, 6.45) is 1.27. The summed E-state index contributed by atoms with van der Waals surface area (Å²) in [6, 6.07) is 5.07. The minimum atomic E-state index is -1.85. The third-order valence-corrected chi connectivity index (χ3v) is 11.1. The van der Waals surface area contributed by atoms with Gasteiger partial charge in [0.1, 0.15) is 5.75 Å². The van der Waals surface area contributed by atoms with E-state index < -0.39 is 25.1 Å². The number of rotatable bonds is 3. The molecule has 0 saturated heterocycles. The Bertz CT molecular complexity index is 661. The number of aryl methyl sites for hydroxylation is 1. The van der Waals surface area contributed by atoms with Gasteiger partial charge in [-0.3, -0.25) is 0 Å². The van der Waals surface area contributed by atoms with Gasteiger partial charge in [-0.1, -0.05) is 65.4 Å². The van der Waals surface area contributed by atoms with E-state index >= 15 is 0 Å². The van der Waals surface area contributed by atoms with Gasteiger partial charge in [0.25, 0.3) is 0 Å². The Morgan fingerprint density at radius 3 is 2.03 bits per heavy atom. The minimum absolute atomic E-state index is 0. The molecule has 2 rings (SSSR count). The maximum absolute atomic E-state index is 11.2. The summed E-state index contributed by atoms with van der Waals surface area (Å²) in [4.78, 5) is 2.43. The average Bonchev–Trinajstić information content (AvgIpc) is 2.85. The molecule has 2 nitrogen and oxygen atoms in total. The Kier molecular flexibility index (Phi) is 11.6. The first kappa shape index (κ1) is 29.5. The van der Waals surface area contributed by atoms with Crippen LogP contribution in [0.1, 0.15) is 52.2 Å². The number of aromatic hydroxyl groups is 1. The Morgan fingerprint density at radius 2 is 1.62 bits per heavy atom. The van der Waals surface area contributed by atoms with Crippen molar-refractivity contribution in [3.63, 3.8) is 0 Å². The summed E-state index contributed by atoms with van der Waals surface area (Å²) in [5.41, 5.74) is 3.00. The molecule has 0 aromatic heterocycles. The fourth-order valence-electron chi connectivity index (χ4n) is 5.14. The van der Waals surface area contributed by atoms with Gasteiger partial charge < -0.3 is 17.4 Å². The van der Waals surface area contributed by atoms with E-state index in [-0.39, 0.29) is 12.8 Å². The first-order chi connectivity index (χ1) is 12.7. The van der Waals surface area contributed by atoms with Crippen molar-refractivity contribution >= 4 is 31.9 Å². The predicted molar refractivity (Wildman–Crippen MR) is 131 cm³/mol. The Balaban J connectivity index is 0.00000184. The van der Waals surface area contributed by atoms with Crippen LogP contribution in [0.4, 0.5) is 0 Å². The molecule has 1 aromatic rings. The van der Waals surface area contributed by atoms with Gasteiger partial charge >= 0.3 is 35.6 Å². The van der Waals surface area contributed by atoms with E-state index in [1.165, 1.54) is 17.2 Å². The fourth-order valence-corrected chi connectivity index (χ4v) is 9.88. The number of nitrogens with zero attached hydrogens (tertiary/aromatic N) is 1. The zero-order valence-corrected chi connectivity index (χ0v) is 24.4. The molecule has 6 heteroatoms. The second-order valence-electron chi connectivity index (χ2n) is 10.4. The van der Waals surface area contributed by atoms with Crippen molar-refractivity contribution in [3.8, 4) is 5.75 Å². The van der Waals surface area contributed by atoms with Crippen LogP contribution in [-0.2, 0) is 22.4 Å². The molecular formula is C23H42Cl2NOSiTi-. The quantitative estimate of drug-likeness (QED) is 0.372. The van der Waals surface area contributed by atoms with E-state index in [1.54, 1.807) is 0 Å². The van der Waals surface area contributed by atoms with Crippen LogP contribution in [0.15, 0.2) is 12.1 Å². The van der Waals surface area contributed by atoms with Gasteiger partial charge in [0.05, 0.1) is 8.07 Å². The van der Waals surface area contributed by atoms with E-state index in [9.17, 15) is 5.11 Å². The van der Waals surface area contributed by atoms with Crippen LogP contribution in [0.25, 0.3) is 0 Å². The van der Waals surface area contributed by atoms with Gasteiger partial charge in [-0.15, -0.1) is 0 Å². The normalized spacial score (nSPS) is 24.6. The number of hydrogen-bond donors (Lipinski definition) is 1. The van der Waals surface area contributed by atoms with Crippen molar-refractivity contribution in [2.75, 3.05) is 14.1 Å². The van der Waals surface area contributed by atoms with Crippen molar-refractivity contribution in [1.29, 1.82) is 0 Å². The monoisotopic (exact) mass is 494 g/mol. The van der Waals surface area contributed by atoms with Crippen molar-refractivity contribution < 1.29 is 22.1 Å². The van der Waals surface area contributed by atoms with Crippen LogP contribution in [-0.4, -0.2) is 38.2 Å². The third kappa shape index (κ3) is 6.73. The molecule has 1 N–H and O–H groups in total. The number of phenols is 1. The molecule has 29 heavy (non-hydrogen) atoms. The maximum atomic E-state index is 11.2. The summed E-state index contributed by atoms with van der Waals surface area (Å²) >= 11 is -0.556. The van der Waals surface area contributed by atoms with Crippen LogP contribution >= 0.6 is 18.6 Å². The third-order valence-electron chi connectivity index (χ3n) is 6.74. The van der Waals surface area contributed by atoms with Gasteiger partial charge in [0.15, 0.2) is 0 Å². The molecule has 0 amide bonds. The molecular weight excluding hydrogens is 453 g/mol. The summed E-state index contributed by atoms with van der Waals surface area (Å²) in [5, 5.41) is 12.5. The molecule has 0 radical (unpaired) electrons. The molecule has 1 aliphatic rings. The van der Waals surface area contributed by atoms with Crippen LogP contribution < -0.4 is 5.19 Å². The molecule has 1 aromatic carbocycles. The fraction of sp³-hybridized carbons (Fsp3) is 0.696. The standard InChI is InChI=1S/C22H39NOSi.CH3.2ClH.Ti/c1-14-11-17(22(4,5)6)20(24)19(12-14)25(9,10)21-16(3)15(2)13-18(21)23(7)8;;;;/h11-12,15-16,18,21,24H,13H2,1-10H3;1H3;2*1H;/q;-1;;;+2/p-2. The van der Waals surface area contributed by atoms with Gasteiger partial charge in [-0.2, -0.15) is 0 Å². The van der Waals surface area contributed by atoms with Crippen LogP contribution in [0.2, 0.25) is 18.6 Å². The van der Waals surface area contributed by atoms with E-state index in [4.69, 9.17) is 18.6 Å². The molecule has 1 saturated carbocycles. The van der Waals surface area contributed by atoms with Gasteiger partial charge in [-0.25, -0.2) is 0 Å². The van der Waals surface area contributed by atoms with Crippen molar-refractivity contribution in [3.05, 3.63) is 30.7 Å². The topological polar surface area (TPSA) is 23.5 Å². The predicted octanol–water partition coefficient (Wildman–Crippen LogP) is 6.72. The summed E-state index contributed by atoms with van der Waals surface area (Å²) < 4.78 is 0. The number of halogens is 2. The first-order valence-corrected chi connectivity index (χ1v) is 17.5. The molecule has 4 unspecified atom stereocenters. The van der Waals surface area contributed by atoms with Crippen LogP contribution in [0, 0.1) is 26.2 Å². The van der Waals surface area contributed by atoms with Crippen molar-refractivity contribution in [1.82, 2.24) is 4.90 Å². The molecule has 4 atom stereocenters. The zero-order valence-electron chi connectivity index (χ0n) is 20.3. The summed E-state index contributed by atoms with van der Waals surface area (Å²) in [5.74, 6) is 2.02. The Morgan fingerprint density at radius 1 is 1.14 bits per heavy atom. The van der Waals surface area contributed by atoms with Crippen molar-refractivity contribution in [2.24, 2.45) is 11.8 Å². The van der Waals surface area contributed by atoms with Crippen molar-refractivity contribution in [2.45, 2.75) is 78.1 Å². The van der Waals surface area contributed by atoms with E-state index in [2.05, 4.69) is 85.8 Å². The Hall–Kier alpha value is 0.491. The second-order valence-corrected chi connectivity index (χ2v) is 17.6. The molecule has 0 bridgehead atoms. The molecule has 0 spiro atoms. The van der Waals surface area contributed by atoms with E-state index in [0.29, 0.717) is 23.3 Å². The van der Waals surface area contributed by atoms with Crippen LogP contribution in [0.5, 0.6) is 5.75 Å². The summed E-state index contributed by atoms with van der Waals surface area (Å²) in [7, 11) is 12.4. The molecule has 1 fully saturated rings. The van der Waals surface area contributed by atoms with E-state index in [0.717, 1.165) is 11.5 Å². The molecule has 0 aliphatic heterocycles. The molecule has 168 valence electrons. The molecule has 0 heterocycles. The van der Waals surface area contributed by atoms with Gasteiger partial charge in [0.2, 0.25) is 0 Å². The van der Waals surface area contributed by atoms with Gasteiger partial charge in [0, 0.05) is 6.04 Å². The first-order valence-electron chi connectivity index (χ1n) is 10.2. The SMILES string of the molecule is Cc1cc(C(C)(C)C)c(O)c([Si](C)(C)C2C(C)C(C)CC2N(C)C)c1.[CH3-].[Cl][Ti][Cl]. The average molecular weight is 495 g/mol. The second kappa shape index (κ2) is 11.4. The Labute approximate surface area is 198 Å². The number of benzene rings is 1. The van der Waals surface area contributed by atoms with E-state index in [1.807, 2.05) is 0 Å². The number of phenolic OH excluding ortho intramolecular Hbond substituents is 1.